The zero-order valence-corrected chi connectivity index (χ0v) is 8.47. The lowest BCUT2D eigenvalue weighted by atomic mass is 9.94. The zero-order chi connectivity index (χ0) is 9.10. The van der Waals surface area contributed by atoms with Crippen molar-refractivity contribution in [2.24, 2.45) is 11.7 Å². The van der Waals surface area contributed by atoms with Gasteiger partial charge in [0.2, 0.25) is 0 Å². The van der Waals surface area contributed by atoms with E-state index in [1.54, 1.807) is 5.57 Å². The van der Waals surface area contributed by atoms with Crippen molar-refractivity contribution in [3.8, 4) is 0 Å². The fourth-order valence-electron chi connectivity index (χ4n) is 2.79. The molecule has 1 unspecified atom stereocenters. The largest absolute Gasteiger partial charge is 0.324 e. The van der Waals surface area contributed by atoms with Gasteiger partial charge in [-0.1, -0.05) is 37.3 Å². The maximum atomic E-state index is 6.19. The van der Waals surface area contributed by atoms with Crippen molar-refractivity contribution in [3.05, 3.63) is 11.6 Å². The summed E-state index contributed by atoms with van der Waals surface area (Å²) in [4.78, 5) is 0. The zero-order valence-electron chi connectivity index (χ0n) is 8.47. The second kappa shape index (κ2) is 4.28. The molecule has 1 heteroatoms. The van der Waals surface area contributed by atoms with Gasteiger partial charge in [-0.2, -0.15) is 0 Å². The normalized spacial score (nSPS) is 26.4. The molecule has 0 saturated heterocycles. The number of hydrogen-bond acceptors (Lipinski definition) is 1. The summed E-state index contributed by atoms with van der Waals surface area (Å²) >= 11 is 0. The van der Waals surface area contributed by atoms with Gasteiger partial charge in [-0.3, -0.25) is 0 Å². The summed E-state index contributed by atoms with van der Waals surface area (Å²) in [5.41, 5.74) is 7.74. The molecule has 1 atom stereocenters. The fourth-order valence-corrected chi connectivity index (χ4v) is 2.79. The SMILES string of the molecule is NC(CC1CCCC1)C1=CCCC1. The van der Waals surface area contributed by atoms with Crippen LogP contribution in [0.15, 0.2) is 11.6 Å². The molecule has 13 heavy (non-hydrogen) atoms. The van der Waals surface area contributed by atoms with Crippen molar-refractivity contribution in [1.82, 2.24) is 0 Å². The second-order valence-corrected chi connectivity index (χ2v) is 4.66. The average molecular weight is 179 g/mol. The summed E-state index contributed by atoms with van der Waals surface area (Å²) < 4.78 is 0. The molecule has 2 N–H and O–H groups in total. The van der Waals surface area contributed by atoms with Gasteiger partial charge in [0.25, 0.3) is 0 Å². The molecule has 74 valence electrons. The highest BCUT2D eigenvalue weighted by molar-refractivity contribution is 5.14. The minimum absolute atomic E-state index is 0.394. The van der Waals surface area contributed by atoms with Crippen LogP contribution in [0.2, 0.25) is 0 Å². The number of hydrogen-bond donors (Lipinski definition) is 1. The lowest BCUT2D eigenvalue weighted by molar-refractivity contribution is 0.464. The third kappa shape index (κ3) is 2.34. The van der Waals surface area contributed by atoms with Gasteiger partial charge in [-0.25, -0.2) is 0 Å². The summed E-state index contributed by atoms with van der Waals surface area (Å²) in [7, 11) is 0. The molecule has 1 fully saturated rings. The minimum Gasteiger partial charge on any atom is -0.324 e. The van der Waals surface area contributed by atoms with Gasteiger partial charge in [0.05, 0.1) is 0 Å². The fraction of sp³-hybridized carbons (Fsp3) is 0.833. The van der Waals surface area contributed by atoms with Gasteiger partial charge in [0.1, 0.15) is 0 Å². The highest BCUT2D eigenvalue weighted by atomic mass is 14.6. The van der Waals surface area contributed by atoms with Gasteiger partial charge >= 0.3 is 0 Å². The smallest absolute Gasteiger partial charge is 0.0256 e. The van der Waals surface area contributed by atoms with Crippen LogP contribution in [0.4, 0.5) is 0 Å². The number of nitrogens with two attached hydrogens (primary N) is 1. The van der Waals surface area contributed by atoms with Crippen LogP contribution in [-0.2, 0) is 0 Å². The van der Waals surface area contributed by atoms with E-state index in [1.165, 1.54) is 51.4 Å². The van der Waals surface area contributed by atoms with Crippen LogP contribution in [-0.4, -0.2) is 6.04 Å². The van der Waals surface area contributed by atoms with Crippen molar-refractivity contribution >= 4 is 0 Å². The molecule has 0 heterocycles. The number of rotatable bonds is 3. The minimum atomic E-state index is 0.394. The second-order valence-electron chi connectivity index (χ2n) is 4.66. The van der Waals surface area contributed by atoms with Crippen LogP contribution in [0.25, 0.3) is 0 Å². The quantitative estimate of drug-likeness (QED) is 0.662. The lowest BCUT2D eigenvalue weighted by Gasteiger charge is -2.17. The van der Waals surface area contributed by atoms with E-state index in [2.05, 4.69) is 6.08 Å². The van der Waals surface area contributed by atoms with E-state index in [0.29, 0.717) is 6.04 Å². The van der Waals surface area contributed by atoms with Crippen molar-refractivity contribution in [2.75, 3.05) is 0 Å². The molecule has 0 aliphatic heterocycles. The van der Waals surface area contributed by atoms with E-state index in [0.717, 1.165) is 5.92 Å². The van der Waals surface area contributed by atoms with Crippen LogP contribution in [0.5, 0.6) is 0 Å². The Bertz CT molecular complexity index is 189. The van der Waals surface area contributed by atoms with Crippen LogP contribution in [0.3, 0.4) is 0 Å². The Balaban J connectivity index is 1.79. The summed E-state index contributed by atoms with van der Waals surface area (Å²) in [5, 5.41) is 0. The Hall–Kier alpha value is -0.300. The molecule has 0 aromatic carbocycles. The molecule has 2 aliphatic rings. The van der Waals surface area contributed by atoms with Gasteiger partial charge in [0, 0.05) is 6.04 Å². The highest BCUT2D eigenvalue weighted by Crippen LogP contribution is 2.31. The van der Waals surface area contributed by atoms with E-state index in [4.69, 9.17) is 5.73 Å². The Morgan fingerprint density at radius 2 is 2.08 bits per heavy atom. The van der Waals surface area contributed by atoms with Gasteiger partial charge < -0.3 is 5.73 Å². The monoisotopic (exact) mass is 179 g/mol. The first kappa shape index (κ1) is 9.26. The summed E-state index contributed by atoms with van der Waals surface area (Å²) in [6.07, 6.45) is 13.3. The van der Waals surface area contributed by atoms with Crippen LogP contribution in [0, 0.1) is 5.92 Å². The maximum Gasteiger partial charge on any atom is 0.0256 e. The number of allylic oxidation sites excluding steroid dienone is 1. The van der Waals surface area contributed by atoms with Crippen molar-refractivity contribution in [2.45, 2.75) is 57.4 Å². The summed E-state index contributed by atoms with van der Waals surface area (Å²) in [6, 6.07) is 0.394. The third-order valence-corrected chi connectivity index (χ3v) is 3.61. The van der Waals surface area contributed by atoms with Gasteiger partial charge in [-0.05, 0) is 31.6 Å². The molecule has 0 aromatic heterocycles. The summed E-state index contributed by atoms with van der Waals surface area (Å²) in [6.45, 7) is 0. The van der Waals surface area contributed by atoms with Gasteiger partial charge in [-0.15, -0.1) is 0 Å². The highest BCUT2D eigenvalue weighted by Gasteiger charge is 2.20. The molecule has 2 aliphatic carbocycles. The summed E-state index contributed by atoms with van der Waals surface area (Å²) in [5.74, 6) is 0.941. The molecule has 0 amide bonds. The molecular formula is C12H21N. The predicted octanol–water partition coefficient (Wildman–Crippen LogP) is 3.00. The lowest BCUT2D eigenvalue weighted by Crippen LogP contribution is -2.24. The first-order valence-corrected chi connectivity index (χ1v) is 5.81. The van der Waals surface area contributed by atoms with Gasteiger partial charge in [0.15, 0.2) is 0 Å². The Labute approximate surface area is 81.4 Å². The molecule has 1 nitrogen and oxygen atoms in total. The van der Waals surface area contributed by atoms with Crippen molar-refractivity contribution < 1.29 is 0 Å². The molecule has 0 radical (unpaired) electrons. The van der Waals surface area contributed by atoms with Crippen LogP contribution < -0.4 is 5.73 Å². The molecule has 1 saturated carbocycles. The standard InChI is InChI=1S/C12H21N/c13-12(11-7-3-4-8-11)9-10-5-1-2-6-10/h7,10,12H,1-6,8-9,13H2. The van der Waals surface area contributed by atoms with E-state index < -0.39 is 0 Å². The Morgan fingerprint density at radius 1 is 1.31 bits per heavy atom. The van der Waals surface area contributed by atoms with E-state index in [-0.39, 0.29) is 0 Å². The molecular weight excluding hydrogens is 158 g/mol. The van der Waals surface area contributed by atoms with Crippen molar-refractivity contribution in [1.29, 1.82) is 0 Å². The molecule has 0 bridgehead atoms. The Morgan fingerprint density at radius 3 is 2.69 bits per heavy atom. The third-order valence-electron chi connectivity index (χ3n) is 3.61. The average Bonchev–Trinajstić information content (AvgIpc) is 2.74. The van der Waals surface area contributed by atoms with E-state index in [9.17, 15) is 0 Å². The van der Waals surface area contributed by atoms with Crippen LogP contribution >= 0.6 is 0 Å². The molecule has 0 aromatic rings. The van der Waals surface area contributed by atoms with Crippen LogP contribution in [0.1, 0.15) is 51.4 Å². The Kier molecular flexibility index (Phi) is 3.05. The van der Waals surface area contributed by atoms with E-state index >= 15 is 0 Å². The van der Waals surface area contributed by atoms with Crippen molar-refractivity contribution in [3.63, 3.8) is 0 Å². The first-order chi connectivity index (χ1) is 6.36. The molecule has 2 rings (SSSR count). The topological polar surface area (TPSA) is 26.0 Å². The molecule has 0 spiro atoms. The predicted molar refractivity (Wildman–Crippen MR) is 56.5 cm³/mol. The first-order valence-electron chi connectivity index (χ1n) is 5.81. The van der Waals surface area contributed by atoms with E-state index in [1.807, 2.05) is 0 Å². The maximum absolute atomic E-state index is 6.19.